The summed E-state index contributed by atoms with van der Waals surface area (Å²) in [5.41, 5.74) is 3.39. The van der Waals surface area contributed by atoms with E-state index in [2.05, 4.69) is 4.98 Å². The van der Waals surface area contributed by atoms with Crippen molar-refractivity contribution in [1.29, 1.82) is 5.26 Å². The van der Waals surface area contributed by atoms with Crippen LogP contribution in [-0.2, 0) is 0 Å². The molecule has 2 aromatic carbocycles. The lowest BCUT2D eigenvalue weighted by atomic mass is 10.2. The van der Waals surface area contributed by atoms with Crippen molar-refractivity contribution in [2.75, 3.05) is 0 Å². The number of benzene rings is 2. The molecule has 0 spiro atoms. The van der Waals surface area contributed by atoms with Crippen LogP contribution in [0.15, 0.2) is 36.4 Å². The maximum absolute atomic E-state index is 14.2. The predicted octanol–water partition coefficient (Wildman–Crippen LogP) is 4.01. The largest absolute Gasteiger partial charge is 0.330 e. The summed E-state index contributed by atoms with van der Waals surface area (Å²) in [6.07, 6.45) is 0. The number of hydrogen-bond donors (Lipinski definition) is 1. The van der Waals surface area contributed by atoms with Crippen LogP contribution in [0.2, 0.25) is 0 Å². The third kappa shape index (κ3) is 1.91. The summed E-state index contributed by atoms with van der Waals surface area (Å²) in [6.45, 7) is 1.98. The van der Waals surface area contributed by atoms with E-state index in [0.29, 0.717) is 10.5 Å². The van der Waals surface area contributed by atoms with Crippen LogP contribution < -0.4 is 0 Å². The molecule has 98 valence electrons. The second-order valence-electron chi connectivity index (χ2n) is 4.56. The Labute approximate surface area is 119 Å². The lowest BCUT2D eigenvalue weighted by Gasteiger charge is -2.06. The number of aromatic amines is 1. The van der Waals surface area contributed by atoms with Crippen LogP contribution in [0.1, 0.15) is 11.1 Å². The van der Waals surface area contributed by atoms with Gasteiger partial charge in [-0.25, -0.2) is 4.39 Å². The normalized spacial score (nSPS) is 10.7. The molecule has 5 heteroatoms. The Morgan fingerprint density at radius 2 is 2.05 bits per heavy atom. The topological polar surface area (TPSA) is 44.5 Å². The first-order valence-electron chi connectivity index (χ1n) is 6.01. The van der Waals surface area contributed by atoms with Crippen LogP contribution in [0.3, 0.4) is 0 Å². The molecule has 3 rings (SSSR count). The molecule has 0 aliphatic carbocycles. The van der Waals surface area contributed by atoms with Gasteiger partial charge in [0.1, 0.15) is 5.82 Å². The summed E-state index contributed by atoms with van der Waals surface area (Å²) >= 11 is 5.27. The van der Waals surface area contributed by atoms with Gasteiger partial charge in [-0.15, -0.1) is 0 Å². The first-order chi connectivity index (χ1) is 9.60. The molecule has 0 atom stereocenters. The summed E-state index contributed by atoms with van der Waals surface area (Å²) in [6, 6.07) is 12.1. The van der Waals surface area contributed by atoms with Gasteiger partial charge in [0, 0.05) is 0 Å². The van der Waals surface area contributed by atoms with E-state index in [4.69, 9.17) is 17.5 Å². The van der Waals surface area contributed by atoms with Gasteiger partial charge in [0.25, 0.3) is 0 Å². The van der Waals surface area contributed by atoms with Crippen molar-refractivity contribution in [3.05, 3.63) is 58.1 Å². The standard InChI is InChI=1S/C15H10FN3S/c1-9-2-4-14-12(6-9)18-15(20)19(14)13-5-3-10(8-17)7-11(13)16/h2-7H,1H3,(H,18,20). The van der Waals surface area contributed by atoms with Crippen LogP contribution in [-0.4, -0.2) is 9.55 Å². The molecule has 0 aliphatic rings. The highest BCUT2D eigenvalue weighted by atomic mass is 32.1. The quantitative estimate of drug-likeness (QED) is 0.686. The molecule has 1 heterocycles. The first-order valence-corrected chi connectivity index (χ1v) is 6.42. The number of nitriles is 1. The highest BCUT2D eigenvalue weighted by Crippen LogP contribution is 2.23. The van der Waals surface area contributed by atoms with Gasteiger partial charge in [-0.05, 0) is 55.0 Å². The smallest absolute Gasteiger partial charge is 0.182 e. The van der Waals surface area contributed by atoms with E-state index >= 15 is 0 Å². The fourth-order valence-electron chi connectivity index (χ4n) is 2.22. The van der Waals surface area contributed by atoms with Gasteiger partial charge in [0.15, 0.2) is 4.77 Å². The molecule has 0 saturated carbocycles. The number of nitrogens with zero attached hydrogens (tertiary/aromatic N) is 2. The van der Waals surface area contributed by atoms with Gasteiger partial charge in [-0.3, -0.25) is 4.57 Å². The van der Waals surface area contributed by atoms with Crippen molar-refractivity contribution in [3.8, 4) is 11.8 Å². The molecular formula is C15H10FN3S. The number of hydrogen-bond acceptors (Lipinski definition) is 2. The van der Waals surface area contributed by atoms with Crippen molar-refractivity contribution in [1.82, 2.24) is 9.55 Å². The third-order valence-electron chi connectivity index (χ3n) is 3.16. The maximum atomic E-state index is 14.2. The zero-order valence-electron chi connectivity index (χ0n) is 10.6. The molecule has 1 N–H and O–H groups in total. The maximum Gasteiger partial charge on any atom is 0.182 e. The van der Waals surface area contributed by atoms with E-state index in [1.807, 2.05) is 31.2 Å². The lowest BCUT2D eigenvalue weighted by Crippen LogP contribution is -1.98. The van der Waals surface area contributed by atoms with Crippen molar-refractivity contribution < 1.29 is 4.39 Å². The Kier molecular flexibility index (Phi) is 2.88. The summed E-state index contributed by atoms with van der Waals surface area (Å²) in [4.78, 5) is 3.07. The van der Waals surface area contributed by atoms with E-state index in [0.717, 1.165) is 16.6 Å². The SMILES string of the molecule is Cc1ccc2c(c1)[nH]c(=S)n2-c1ccc(C#N)cc1F. The van der Waals surface area contributed by atoms with Crippen LogP contribution in [0.4, 0.5) is 4.39 Å². The van der Waals surface area contributed by atoms with Gasteiger partial charge in [0.2, 0.25) is 0 Å². The fraction of sp³-hybridized carbons (Fsp3) is 0.0667. The van der Waals surface area contributed by atoms with Gasteiger partial charge in [-0.1, -0.05) is 6.07 Å². The molecule has 20 heavy (non-hydrogen) atoms. The second kappa shape index (κ2) is 4.58. The Balaban J connectivity index is 2.33. The van der Waals surface area contributed by atoms with Crippen molar-refractivity contribution in [2.45, 2.75) is 6.92 Å². The minimum absolute atomic E-state index is 0.286. The first kappa shape index (κ1) is 12.6. The number of aryl methyl sites for hydroxylation is 1. The number of fused-ring (bicyclic) bond motifs is 1. The van der Waals surface area contributed by atoms with Crippen molar-refractivity contribution in [3.63, 3.8) is 0 Å². The van der Waals surface area contributed by atoms with E-state index in [1.54, 1.807) is 16.7 Å². The molecule has 0 fully saturated rings. The summed E-state index contributed by atoms with van der Waals surface area (Å²) in [7, 11) is 0. The minimum Gasteiger partial charge on any atom is -0.330 e. The number of H-pyrrole nitrogens is 1. The van der Waals surface area contributed by atoms with E-state index in [9.17, 15) is 4.39 Å². The third-order valence-corrected chi connectivity index (χ3v) is 3.44. The Hall–Kier alpha value is -2.45. The van der Waals surface area contributed by atoms with Gasteiger partial charge in [-0.2, -0.15) is 5.26 Å². The second-order valence-corrected chi connectivity index (χ2v) is 4.95. The van der Waals surface area contributed by atoms with Crippen molar-refractivity contribution >= 4 is 23.3 Å². The predicted molar refractivity (Wildman–Crippen MR) is 77.9 cm³/mol. The fourth-order valence-corrected chi connectivity index (χ4v) is 2.53. The van der Waals surface area contributed by atoms with Gasteiger partial charge in [0.05, 0.1) is 28.4 Å². The summed E-state index contributed by atoms with van der Waals surface area (Å²) in [5, 5.41) is 8.79. The highest BCUT2D eigenvalue weighted by Gasteiger charge is 2.11. The highest BCUT2D eigenvalue weighted by molar-refractivity contribution is 7.71. The molecule has 0 amide bonds. The average Bonchev–Trinajstić information content (AvgIpc) is 2.73. The Morgan fingerprint density at radius 3 is 2.75 bits per heavy atom. The van der Waals surface area contributed by atoms with Gasteiger partial charge >= 0.3 is 0 Å². The molecule has 3 aromatic rings. The monoisotopic (exact) mass is 283 g/mol. The molecule has 1 aromatic heterocycles. The van der Waals surface area contributed by atoms with E-state index in [1.165, 1.54) is 6.07 Å². The number of halogens is 1. The molecule has 0 radical (unpaired) electrons. The summed E-state index contributed by atoms with van der Waals surface area (Å²) < 4.78 is 16.2. The van der Waals surface area contributed by atoms with Crippen LogP contribution >= 0.6 is 12.2 Å². The average molecular weight is 283 g/mol. The molecule has 3 nitrogen and oxygen atoms in total. The zero-order chi connectivity index (χ0) is 14.3. The van der Waals surface area contributed by atoms with Crippen molar-refractivity contribution in [2.24, 2.45) is 0 Å². The number of aromatic nitrogens is 2. The van der Waals surface area contributed by atoms with Crippen LogP contribution in [0, 0.1) is 28.8 Å². The molecule has 0 unspecified atom stereocenters. The zero-order valence-corrected chi connectivity index (χ0v) is 11.5. The van der Waals surface area contributed by atoms with E-state index in [-0.39, 0.29) is 5.56 Å². The molecule has 0 bridgehead atoms. The number of nitrogens with one attached hydrogen (secondary N) is 1. The Bertz CT molecular complexity index is 915. The van der Waals surface area contributed by atoms with Gasteiger partial charge < -0.3 is 4.98 Å². The molecule has 0 saturated heterocycles. The number of imidazole rings is 1. The van der Waals surface area contributed by atoms with Crippen LogP contribution in [0.5, 0.6) is 0 Å². The minimum atomic E-state index is -0.471. The molecule has 0 aliphatic heterocycles. The lowest BCUT2D eigenvalue weighted by molar-refractivity contribution is 0.618. The summed E-state index contributed by atoms with van der Waals surface area (Å²) in [5.74, 6) is -0.471. The van der Waals surface area contributed by atoms with Crippen LogP contribution in [0.25, 0.3) is 16.7 Å². The number of rotatable bonds is 1. The Morgan fingerprint density at radius 1 is 1.25 bits per heavy atom. The molecular weight excluding hydrogens is 273 g/mol. The van der Waals surface area contributed by atoms with E-state index < -0.39 is 5.82 Å².